The highest BCUT2D eigenvalue weighted by molar-refractivity contribution is 5.39. The molecule has 1 atom stereocenters. The van der Waals surface area contributed by atoms with Crippen molar-refractivity contribution >= 4 is 5.82 Å². The number of aromatic nitrogens is 2. The number of rotatable bonds is 4. The molecule has 1 N–H and O–H groups in total. The van der Waals surface area contributed by atoms with Crippen LogP contribution in [0.1, 0.15) is 25.7 Å². The molecule has 0 bridgehead atoms. The van der Waals surface area contributed by atoms with Gasteiger partial charge in [-0.2, -0.15) is 0 Å². The van der Waals surface area contributed by atoms with Crippen molar-refractivity contribution in [2.45, 2.75) is 31.7 Å². The zero-order chi connectivity index (χ0) is 13.2. The third-order valence-electron chi connectivity index (χ3n) is 4.11. The average molecular weight is 262 g/mol. The molecule has 0 aromatic carbocycles. The minimum atomic E-state index is 0.0261. The summed E-state index contributed by atoms with van der Waals surface area (Å²) in [5.74, 6) is 1.28. The average Bonchev–Trinajstić information content (AvgIpc) is 3.25. The van der Waals surface area contributed by atoms with Crippen molar-refractivity contribution < 1.29 is 0 Å². The minimum absolute atomic E-state index is 0.0261. The van der Waals surface area contributed by atoms with Crippen molar-refractivity contribution in [3.63, 3.8) is 0 Å². The van der Waals surface area contributed by atoms with Crippen molar-refractivity contribution in [3.05, 3.63) is 22.7 Å². The molecule has 1 unspecified atom stereocenters. The van der Waals surface area contributed by atoms with Crippen LogP contribution < -0.4 is 15.8 Å². The highest BCUT2D eigenvalue weighted by Crippen LogP contribution is 2.30. The van der Waals surface area contributed by atoms with Gasteiger partial charge < -0.3 is 14.8 Å². The van der Waals surface area contributed by atoms with E-state index in [-0.39, 0.29) is 5.56 Å². The zero-order valence-electron chi connectivity index (χ0n) is 11.5. The van der Waals surface area contributed by atoms with Gasteiger partial charge >= 0.3 is 0 Å². The monoisotopic (exact) mass is 262 g/mol. The molecule has 5 heteroatoms. The number of hydrogen-bond acceptors (Lipinski definition) is 4. The molecular weight excluding hydrogens is 240 g/mol. The lowest BCUT2D eigenvalue weighted by Gasteiger charge is -2.30. The number of piperidine rings is 1. The fourth-order valence-electron chi connectivity index (χ4n) is 2.83. The summed E-state index contributed by atoms with van der Waals surface area (Å²) in [6.45, 7) is 3.16. The van der Waals surface area contributed by atoms with E-state index in [4.69, 9.17) is 0 Å². The summed E-state index contributed by atoms with van der Waals surface area (Å²) in [6.07, 6.45) is 8.33. The van der Waals surface area contributed by atoms with Crippen LogP contribution in [0.4, 0.5) is 5.82 Å². The molecule has 1 aromatic heterocycles. The molecule has 1 saturated carbocycles. The van der Waals surface area contributed by atoms with E-state index in [1.807, 2.05) is 0 Å². The van der Waals surface area contributed by atoms with Crippen LogP contribution in [0, 0.1) is 5.92 Å². The Morgan fingerprint density at radius 2 is 2.32 bits per heavy atom. The van der Waals surface area contributed by atoms with E-state index in [2.05, 4.69) is 15.2 Å². The zero-order valence-corrected chi connectivity index (χ0v) is 11.5. The third-order valence-corrected chi connectivity index (χ3v) is 4.11. The largest absolute Gasteiger partial charge is 0.349 e. The number of anilines is 1. The summed E-state index contributed by atoms with van der Waals surface area (Å²) in [6, 6.07) is 0.532. The predicted molar refractivity (Wildman–Crippen MR) is 75.4 cm³/mol. The second kappa shape index (κ2) is 5.33. The predicted octanol–water partition coefficient (Wildman–Crippen LogP) is 0.749. The molecule has 1 aliphatic heterocycles. The fraction of sp³-hybridized carbons (Fsp3) is 0.714. The quantitative estimate of drug-likeness (QED) is 0.870. The Morgan fingerprint density at radius 1 is 1.47 bits per heavy atom. The van der Waals surface area contributed by atoms with E-state index < -0.39 is 0 Å². The van der Waals surface area contributed by atoms with Crippen molar-refractivity contribution in [1.29, 1.82) is 0 Å². The highest BCUT2D eigenvalue weighted by atomic mass is 16.1. The Morgan fingerprint density at radius 3 is 3.00 bits per heavy atom. The summed E-state index contributed by atoms with van der Waals surface area (Å²) >= 11 is 0. The lowest BCUT2D eigenvalue weighted by atomic mass is 9.99. The molecule has 1 saturated heterocycles. The Hall–Kier alpha value is -1.36. The molecule has 19 heavy (non-hydrogen) atoms. The highest BCUT2D eigenvalue weighted by Gasteiger charge is 2.33. The fourth-order valence-corrected chi connectivity index (χ4v) is 2.83. The number of aryl methyl sites for hydroxylation is 1. The van der Waals surface area contributed by atoms with Gasteiger partial charge in [-0.3, -0.25) is 4.79 Å². The number of nitrogens with one attached hydrogen (secondary N) is 1. The lowest BCUT2D eigenvalue weighted by molar-refractivity contribution is 0.375. The van der Waals surface area contributed by atoms with E-state index in [0.29, 0.717) is 17.8 Å². The van der Waals surface area contributed by atoms with Crippen LogP contribution in [-0.4, -0.2) is 35.2 Å². The maximum absolute atomic E-state index is 12.2. The van der Waals surface area contributed by atoms with Gasteiger partial charge in [0, 0.05) is 32.0 Å². The van der Waals surface area contributed by atoms with Crippen LogP contribution in [0.5, 0.6) is 0 Å². The summed E-state index contributed by atoms with van der Waals surface area (Å²) in [7, 11) is 1.79. The van der Waals surface area contributed by atoms with Crippen LogP contribution in [0.2, 0.25) is 0 Å². The van der Waals surface area contributed by atoms with Gasteiger partial charge in [-0.15, -0.1) is 0 Å². The van der Waals surface area contributed by atoms with Gasteiger partial charge in [-0.1, -0.05) is 0 Å². The van der Waals surface area contributed by atoms with Crippen molar-refractivity contribution in [2.24, 2.45) is 13.0 Å². The van der Waals surface area contributed by atoms with Crippen molar-refractivity contribution in [2.75, 3.05) is 24.5 Å². The maximum Gasteiger partial charge on any atom is 0.293 e. The van der Waals surface area contributed by atoms with Crippen LogP contribution in [0.25, 0.3) is 0 Å². The van der Waals surface area contributed by atoms with Gasteiger partial charge in [0.05, 0.1) is 0 Å². The van der Waals surface area contributed by atoms with Crippen LogP contribution in [0.15, 0.2) is 17.2 Å². The van der Waals surface area contributed by atoms with Crippen molar-refractivity contribution in [3.8, 4) is 0 Å². The first-order valence-electron chi connectivity index (χ1n) is 7.24. The first kappa shape index (κ1) is 12.7. The van der Waals surface area contributed by atoms with Gasteiger partial charge in [0.25, 0.3) is 5.56 Å². The van der Waals surface area contributed by atoms with Gasteiger partial charge in [0.1, 0.15) is 0 Å². The molecule has 1 aromatic rings. The molecule has 0 radical (unpaired) electrons. The van der Waals surface area contributed by atoms with E-state index in [1.165, 1.54) is 25.7 Å². The normalized spacial score (nSPS) is 23.3. The molecule has 0 amide bonds. The number of hydrogen-bond donors (Lipinski definition) is 1. The van der Waals surface area contributed by atoms with Crippen LogP contribution >= 0.6 is 0 Å². The molecule has 2 fully saturated rings. The Labute approximate surface area is 113 Å². The molecule has 5 nitrogen and oxygen atoms in total. The second-order valence-corrected chi connectivity index (χ2v) is 5.76. The molecule has 2 heterocycles. The summed E-state index contributed by atoms with van der Waals surface area (Å²) in [5, 5.41) is 3.45. The Balaban J connectivity index is 1.80. The van der Waals surface area contributed by atoms with Gasteiger partial charge in [-0.25, -0.2) is 4.98 Å². The Kier molecular flexibility index (Phi) is 3.55. The molecule has 2 aliphatic rings. The van der Waals surface area contributed by atoms with E-state index in [1.54, 1.807) is 24.0 Å². The summed E-state index contributed by atoms with van der Waals surface area (Å²) < 4.78 is 1.62. The molecular formula is C14H22N4O. The smallest absolute Gasteiger partial charge is 0.293 e. The standard InChI is InChI=1S/C14H22N4O/c1-17-8-7-16-13(14(17)19)18(12-4-5-12)10-11-3-2-6-15-9-11/h7-8,11-12,15H,2-6,9-10H2,1H3. The molecule has 3 rings (SSSR count). The summed E-state index contributed by atoms with van der Waals surface area (Å²) in [4.78, 5) is 18.8. The van der Waals surface area contributed by atoms with E-state index >= 15 is 0 Å². The lowest BCUT2D eigenvalue weighted by Crippen LogP contribution is -2.42. The Bertz CT molecular complexity index is 488. The van der Waals surface area contributed by atoms with Crippen LogP contribution in [0.3, 0.4) is 0 Å². The number of nitrogens with zero attached hydrogens (tertiary/aromatic N) is 3. The van der Waals surface area contributed by atoms with E-state index in [0.717, 1.165) is 19.6 Å². The molecule has 104 valence electrons. The maximum atomic E-state index is 12.2. The van der Waals surface area contributed by atoms with Gasteiger partial charge in [-0.05, 0) is 44.7 Å². The topological polar surface area (TPSA) is 50.2 Å². The SMILES string of the molecule is Cn1ccnc(N(CC2CCCNC2)C2CC2)c1=O. The van der Waals surface area contributed by atoms with Gasteiger partial charge in [0.2, 0.25) is 0 Å². The first-order chi connectivity index (χ1) is 9.25. The van der Waals surface area contributed by atoms with Gasteiger partial charge in [0.15, 0.2) is 5.82 Å². The van der Waals surface area contributed by atoms with Crippen LogP contribution in [-0.2, 0) is 7.05 Å². The molecule has 0 spiro atoms. The minimum Gasteiger partial charge on any atom is -0.349 e. The molecule has 1 aliphatic carbocycles. The third kappa shape index (κ3) is 2.81. The summed E-state index contributed by atoms with van der Waals surface area (Å²) in [5.41, 5.74) is 0.0261. The first-order valence-corrected chi connectivity index (χ1v) is 7.24. The second-order valence-electron chi connectivity index (χ2n) is 5.76. The van der Waals surface area contributed by atoms with Crippen molar-refractivity contribution in [1.82, 2.24) is 14.9 Å². The van der Waals surface area contributed by atoms with E-state index in [9.17, 15) is 4.79 Å².